The van der Waals surface area contributed by atoms with Crippen LogP contribution in [0, 0.1) is 5.92 Å². The van der Waals surface area contributed by atoms with Gasteiger partial charge in [0.15, 0.2) is 0 Å². The van der Waals surface area contributed by atoms with E-state index in [0.717, 1.165) is 0 Å². The molecule has 2 nitrogen and oxygen atoms in total. The molecule has 0 aliphatic rings. The first-order chi connectivity index (χ1) is 2.64. The molecule has 0 aliphatic carbocycles. The van der Waals surface area contributed by atoms with Crippen LogP contribution in [0.1, 0.15) is 15.3 Å². The smallest absolute Gasteiger partial charge is 1.00 e. The maximum Gasteiger partial charge on any atom is 1.00 e. The molecule has 0 saturated heterocycles. The van der Waals surface area contributed by atoms with Crippen LogP contribution >= 0.6 is 0 Å². The monoisotopic (exact) mass is 95.1 g/mol. The predicted octanol–water partition coefficient (Wildman–Crippen LogP) is -2.76. The molecule has 0 fully saturated rings. The van der Waals surface area contributed by atoms with E-state index in [-0.39, 0.29) is 32.1 Å². The van der Waals surface area contributed by atoms with Crippen molar-refractivity contribution in [1.29, 1.82) is 0 Å². The van der Waals surface area contributed by atoms with Crippen molar-refractivity contribution in [3.63, 3.8) is 0 Å². The van der Waals surface area contributed by atoms with Crippen molar-refractivity contribution in [3.05, 3.63) is 0 Å². The molecule has 2 N–H and O–H groups in total. The van der Waals surface area contributed by atoms with E-state index in [0.29, 0.717) is 0 Å². The number of hydrogen-bond donors (Lipinski definition) is 1. The Hall–Kier alpha value is 0.0674. The van der Waals surface area contributed by atoms with Crippen molar-refractivity contribution >= 4 is 5.91 Å². The molecule has 0 radical (unpaired) electrons. The SMILES string of the molecule is CC(C)C(N)=O.[H-].[Li+]. The molecule has 7 heavy (non-hydrogen) atoms. The second-order valence-corrected chi connectivity index (χ2v) is 1.56. The summed E-state index contributed by atoms with van der Waals surface area (Å²) in [6, 6.07) is 0. The van der Waals surface area contributed by atoms with Gasteiger partial charge in [0.2, 0.25) is 5.91 Å². The van der Waals surface area contributed by atoms with Gasteiger partial charge in [-0.2, -0.15) is 0 Å². The zero-order valence-corrected chi connectivity index (χ0v) is 5.06. The average Bonchev–Trinajstić information content (AvgIpc) is 1.36. The molecule has 0 heterocycles. The predicted molar refractivity (Wildman–Crippen MR) is 25.1 cm³/mol. The van der Waals surface area contributed by atoms with Crippen molar-refractivity contribution in [2.45, 2.75) is 13.8 Å². The molecule has 38 valence electrons. The summed E-state index contributed by atoms with van der Waals surface area (Å²) in [7, 11) is 0. The van der Waals surface area contributed by atoms with Gasteiger partial charge in [0, 0.05) is 5.92 Å². The zero-order valence-electron chi connectivity index (χ0n) is 6.06. The Labute approximate surface area is 57.1 Å². The number of primary amides is 1. The van der Waals surface area contributed by atoms with E-state index < -0.39 is 0 Å². The summed E-state index contributed by atoms with van der Waals surface area (Å²) in [5.41, 5.74) is 4.80. The Balaban J connectivity index is -0.000000125. The Morgan fingerprint density at radius 1 is 1.71 bits per heavy atom. The van der Waals surface area contributed by atoms with E-state index in [4.69, 9.17) is 5.73 Å². The van der Waals surface area contributed by atoms with Crippen LogP contribution in [-0.4, -0.2) is 5.91 Å². The Morgan fingerprint density at radius 3 is 1.86 bits per heavy atom. The van der Waals surface area contributed by atoms with Crippen LogP contribution in [0.4, 0.5) is 0 Å². The van der Waals surface area contributed by atoms with Gasteiger partial charge in [-0.05, 0) is 0 Å². The Kier molecular flexibility index (Phi) is 6.13. The van der Waals surface area contributed by atoms with Gasteiger partial charge in [-0.3, -0.25) is 4.79 Å². The van der Waals surface area contributed by atoms with Gasteiger partial charge < -0.3 is 7.16 Å². The van der Waals surface area contributed by atoms with Gasteiger partial charge in [0.05, 0.1) is 0 Å². The van der Waals surface area contributed by atoms with Crippen LogP contribution in [-0.2, 0) is 4.79 Å². The number of amides is 1. The molecule has 0 aromatic heterocycles. The molecule has 0 rings (SSSR count). The number of rotatable bonds is 1. The van der Waals surface area contributed by atoms with Crippen LogP contribution in [0.5, 0.6) is 0 Å². The van der Waals surface area contributed by atoms with Gasteiger partial charge in [-0.1, -0.05) is 13.8 Å². The number of carbonyl (C=O) groups excluding carboxylic acids is 1. The summed E-state index contributed by atoms with van der Waals surface area (Å²) in [6.45, 7) is 3.53. The van der Waals surface area contributed by atoms with Gasteiger partial charge >= 0.3 is 18.9 Å². The molecule has 0 atom stereocenters. The summed E-state index contributed by atoms with van der Waals surface area (Å²) in [5, 5.41) is 0. The maximum absolute atomic E-state index is 9.92. The minimum Gasteiger partial charge on any atom is -1.00 e. The van der Waals surface area contributed by atoms with Gasteiger partial charge in [0.1, 0.15) is 0 Å². The van der Waals surface area contributed by atoms with Gasteiger partial charge in [0.25, 0.3) is 0 Å². The molecule has 0 aromatic rings. The molecule has 0 aromatic carbocycles. The average molecular weight is 95.1 g/mol. The Morgan fingerprint density at radius 2 is 1.86 bits per heavy atom. The standard InChI is InChI=1S/C4H9NO.Li.H/c1-3(2)4(5)6;;/h3H,1-2H3,(H2,5,6);;/q;+1;-1. The fraction of sp³-hybridized carbons (Fsp3) is 0.750. The van der Waals surface area contributed by atoms with Crippen LogP contribution in [0.2, 0.25) is 0 Å². The van der Waals surface area contributed by atoms with E-state index in [9.17, 15) is 4.79 Å². The van der Waals surface area contributed by atoms with Crippen LogP contribution in [0.25, 0.3) is 0 Å². The molecule has 0 saturated carbocycles. The van der Waals surface area contributed by atoms with Gasteiger partial charge in [-0.15, -0.1) is 0 Å². The topological polar surface area (TPSA) is 43.1 Å². The van der Waals surface area contributed by atoms with E-state index in [2.05, 4.69) is 0 Å². The van der Waals surface area contributed by atoms with Crippen molar-refractivity contribution in [2.75, 3.05) is 0 Å². The zero-order chi connectivity index (χ0) is 5.15. The first-order valence-corrected chi connectivity index (χ1v) is 1.94. The fourth-order valence-corrected chi connectivity index (χ4v) is 0. The Bertz CT molecular complexity index is 67.1. The van der Waals surface area contributed by atoms with Crippen LogP contribution in [0.3, 0.4) is 0 Å². The molecule has 0 unspecified atom stereocenters. The summed E-state index contributed by atoms with van der Waals surface area (Å²) in [6.07, 6.45) is 0. The summed E-state index contributed by atoms with van der Waals surface area (Å²) in [4.78, 5) is 9.92. The summed E-state index contributed by atoms with van der Waals surface area (Å²) in [5.74, 6) is -0.250. The largest absolute Gasteiger partial charge is 1.00 e. The van der Waals surface area contributed by atoms with Gasteiger partial charge in [-0.25, -0.2) is 0 Å². The molecular formula is C4H10LiNO. The normalized spacial score (nSPS) is 7.86. The third kappa shape index (κ3) is 6.07. The minimum absolute atomic E-state index is 0. The van der Waals surface area contributed by atoms with E-state index in [1.807, 2.05) is 0 Å². The second-order valence-electron chi connectivity index (χ2n) is 1.56. The third-order valence-electron chi connectivity index (χ3n) is 0.569. The molecule has 0 aliphatic heterocycles. The molecular weight excluding hydrogens is 85.0 g/mol. The number of nitrogens with two attached hydrogens (primary N) is 1. The fourth-order valence-electron chi connectivity index (χ4n) is 0. The molecule has 1 amide bonds. The first-order valence-electron chi connectivity index (χ1n) is 1.94. The van der Waals surface area contributed by atoms with Crippen molar-refractivity contribution < 1.29 is 25.1 Å². The third-order valence-corrected chi connectivity index (χ3v) is 0.569. The summed E-state index contributed by atoms with van der Waals surface area (Å²) < 4.78 is 0. The number of carbonyl (C=O) groups is 1. The minimum atomic E-state index is -0.241. The molecule has 0 spiro atoms. The second kappa shape index (κ2) is 4.23. The molecule has 3 heteroatoms. The maximum atomic E-state index is 9.92. The van der Waals surface area contributed by atoms with E-state index in [1.54, 1.807) is 13.8 Å². The van der Waals surface area contributed by atoms with Crippen molar-refractivity contribution in [3.8, 4) is 0 Å². The molecule has 0 bridgehead atoms. The van der Waals surface area contributed by atoms with Crippen molar-refractivity contribution in [1.82, 2.24) is 0 Å². The van der Waals surface area contributed by atoms with E-state index >= 15 is 0 Å². The quantitative estimate of drug-likeness (QED) is 0.352. The van der Waals surface area contributed by atoms with Crippen LogP contribution in [0.15, 0.2) is 0 Å². The van der Waals surface area contributed by atoms with E-state index in [1.165, 1.54) is 0 Å². The van der Waals surface area contributed by atoms with Crippen molar-refractivity contribution in [2.24, 2.45) is 11.7 Å². The number of hydrogen-bond acceptors (Lipinski definition) is 1. The summed E-state index contributed by atoms with van der Waals surface area (Å²) >= 11 is 0. The van der Waals surface area contributed by atoms with Crippen LogP contribution < -0.4 is 24.6 Å². The first kappa shape index (κ1) is 10.1.